The van der Waals surface area contributed by atoms with E-state index >= 15 is 0 Å². The third kappa shape index (κ3) is 3.93. The summed E-state index contributed by atoms with van der Waals surface area (Å²) in [5.74, 6) is -0.0305. The van der Waals surface area contributed by atoms with Crippen LogP contribution in [0.5, 0.6) is 0 Å². The molecule has 0 aliphatic carbocycles. The van der Waals surface area contributed by atoms with Crippen molar-refractivity contribution >= 4 is 27.5 Å². The van der Waals surface area contributed by atoms with Crippen LogP contribution in [0.2, 0.25) is 0 Å². The second-order valence-corrected chi connectivity index (χ2v) is 5.91. The molecule has 2 aromatic carbocycles. The van der Waals surface area contributed by atoms with E-state index < -0.39 is 0 Å². The minimum absolute atomic E-state index is 0.0305. The summed E-state index contributed by atoms with van der Waals surface area (Å²) < 4.78 is 1.08. The number of hydrogen-bond donors (Lipinski definition) is 2. The standard InChI is InChI=1S/C17H19BrN2O/c1-11-7-15(8-12(2)17(11)18)20-16(21)9-13-5-3-4-6-14(13)10-19/h3-8H,9-10,19H2,1-2H3,(H,20,21). The number of rotatable bonds is 4. The zero-order chi connectivity index (χ0) is 15.4. The van der Waals surface area contributed by atoms with E-state index in [4.69, 9.17) is 5.73 Å². The Morgan fingerprint density at radius 3 is 2.29 bits per heavy atom. The third-order valence-electron chi connectivity index (χ3n) is 3.41. The lowest BCUT2D eigenvalue weighted by Crippen LogP contribution is -2.16. The van der Waals surface area contributed by atoms with E-state index in [1.807, 2.05) is 50.2 Å². The van der Waals surface area contributed by atoms with E-state index in [1.165, 1.54) is 0 Å². The van der Waals surface area contributed by atoms with Gasteiger partial charge in [0.1, 0.15) is 0 Å². The number of carbonyl (C=O) groups is 1. The number of amides is 1. The van der Waals surface area contributed by atoms with Gasteiger partial charge in [-0.2, -0.15) is 0 Å². The molecule has 0 aromatic heterocycles. The maximum absolute atomic E-state index is 12.2. The molecular weight excluding hydrogens is 328 g/mol. The molecule has 0 saturated carbocycles. The number of hydrogen-bond acceptors (Lipinski definition) is 2. The van der Waals surface area contributed by atoms with E-state index in [0.717, 1.165) is 32.4 Å². The van der Waals surface area contributed by atoms with E-state index in [2.05, 4.69) is 21.2 Å². The average molecular weight is 347 g/mol. The summed E-state index contributed by atoms with van der Waals surface area (Å²) in [6.45, 7) is 4.47. The number of halogens is 1. The van der Waals surface area contributed by atoms with Crippen molar-refractivity contribution in [3.05, 3.63) is 63.1 Å². The Morgan fingerprint density at radius 2 is 1.71 bits per heavy atom. The second kappa shape index (κ2) is 6.87. The fraction of sp³-hybridized carbons (Fsp3) is 0.235. The van der Waals surface area contributed by atoms with Gasteiger partial charge >= 0.3 is 0 Å². The van der Waals surface area contributed by atoms with E-state index in [-0.39, 0.29) is 5.91 Å². The van der Waals surface area contributed by atoms with Gasteiger partial charge < -0.3 is 11.1 Å². The molecule has 0 heterocycles. The van der Waals surface area contributed by atoms with Crippen LogP contribution in [0.1, 0.15) is 22.3 Å². The maximum Gasteiger partial charge on any atom is 0.228 e. The predicted molar refractivity (Wildman–Crippen MR) is 90.3 cm³/mol. The van der Waals surface area contributed by atoms with Crippen molar-refractivity contribution in [1.29, 1.82) is 0 Å². The van der Waals surface area contributed by atoms with Crippen LogP contribution in [0.15, 0.2) is 40.9 Å². The quantitative estimate of drug-likeness (QED) is 0.886. The Balaban J connectivity index is 2.12. The van der Waals surface area contributed by atoms with Gasteiger partial charge in [0.05, 0.1) is 6.42 Å². The first-order valence-electron chi connectivity index (χ1n) is 6.84. The summed E-state index contributed by atoms with van der Waals surface area (Å²) in [4.78, 5) is 12.2. The first-order chi connectivity index (χ1) is 10.0. The van der Waals surface area contributed by atoms with Gasteiger partial charge in [-0.1, -0.05) is 40.2 Å². The van der Waals surface area contributed by atoms with Crippen molar-refractivity contribution in [3.63, 3.8) is 0 Å². The Morgan fingerprint density at radius 1 is 1.14 bits per heavy atom. The zero-order valence-electron chi connectivity index (χ0n) is 12.2. The molecule has 0 fully saturated rings. The van der Waals surface area contributed by atoms with E-state index in [9.17, 15) is 4.79 Å². The Bertz CT molecular complexity index is 645. The van der Waals surface area contributed by atoms with Crippen LogP contribution >= 0.6 is 15.9 Å². The predicted octanol–water partition coefficient (Wildman–Crippen LogP) is 3.71. The summed E-state index contributed by atoms with van der Waals surface area (Å²) >= 11 is 3.53. The van der Waals surface area contributed by atoms with Crippen molar-refractivity contribution < 1.29 is 4.79 Å². The first-order valence-corrected chi connectivity index (χ1v) is 7.64. The molecule has 0 unspecified atom stereocenters. The highest BCUT2D eigenvalue weighted by Crippen LogP contribution is 2.25. The van der Waals surface area contributed by atoms with Crippen LogP contribution in [0.4, 0.5) is 5.69 Å². The van der Waals surface area contributed by atoms with E-state index in [0.29, 0.717) is 13.0 Å². The molecule has 1 amide bonds. The summed E-state index contributed by atoms with van der Waals surface area (Å²) in [6.07, 6.45) is 0.335. The van der Waals surface area contributed by atoms with Gasteiger partial charge in [0.15, 0.2) is 0 Å². The van der Waals surface area contributed by atoms with Gasteiger partial charge in [-0.05, 0) is 48.2 Å². The second-order valence-electron chi connectivity index (χ2n) is 5.12. The molecule has 3 N–H and O–H groups in total. The number of nitrogens with two attached hydrogens (primary N) is 1. The van der Waals surface area contributed by atoms with Gasteiger partial charge in [0, 0.05) is 16.7 Å². The lowest BCUT2D eigenvalue weighted by atomic mass is 10.0. The molecule has 2 aromatic rings. The molecule has 0 radical (unpaired) electrons. The average Bonchev–Trinajstić information content (AvgIpc) is 2.45. The molecular formula is C17H19BrN2O. The molecule has 0 aliphatic rings. The number of aryl methyl sites for hydroxylation is 2. The number of anilines is 1. The molecule has 0 aliphatic heterocycles. The zero-order valence-corrected chi connectivity index (χ0v) is 13.8. The molecule has 2 rings (SSSR count). The normalized spacial score (nSPS) is 10.5. The molecule has 0 saturated heterocycles. The number of carbonyl (C=O) groups excluding carboxylic acids is 1. The molecule has 0 spiro atoms. The van der Waals surface area contributed by atoms with Crippen LogP contribution in [-0.2, 0) is 17.8 Å². The highest BCUT2D eigenvalue weighted by Gasteiger charge is 2.09. The van der Waals surface area contributed by atoms with Crippen LogP contribution in [0.3, 0.4) is 0 Å². The molecule has 4 heteroatoms. The molecule has 0 atom stereocenters. The van der Waals surface area contributed by atoms with Crippen molar-refractivity contribution in [2.45, 2.75) is 26.8 Å². The summed E-state index contributed by atoms with van der Waals surface area (Å²) in [6, 6.07) is 11.7. The topological polar surface area (TPSA) is 55.1 Å². The minimum atomic E-state index is -0.0305. The maximum atomic E-state index is 12.2. The Kier molecular flexibility index (Phi) is 5.15. The lowest BCUT2D eigenvalue weighted by Gasteiger charge is -2.11. The first kappa shape index (κ1) is 15.7. The van der Waals surface area contributed by atoms with Gasteiger partial charge in [0.2, 0.25) is 5.91 Å². The van der Waals surface area contributed by atoms with Crippen molar-refractivity contribution in [3.8, 4) is 0 Å². The SMILES string of the molecule is Cc1cc(NC(=O)Cc2ccccc2CN)cc(C)c1Br. The van der Waals surface area contributed by atoms with Gasteiger partial charge in [0.25, 0.3) is 0 Å². The smallest absolute Gasteiger partial charge is 0.228 e. The highest BCUT2D eigenvalue weighted by atomic mass is 79.9. The van der Waals surface area contributed by atoms with Crippen molar-refractivity contribution in [2.75, 3.05) is 5.32 Å². The number of benzene rings is 2. The van der Waals surface area contributed by atoms with Crippen LogP contribution < -0.4 is 11.1 Å². The van der Waals surface area contributed by atoms with Crippen LogP contribution in [0.25, 0.3) is 0 Å². The summed E-state index contributed by atoms with van der Waals surface area (Å²) in [7, 11) is 0. The van der Waals surface area contributed by atoms with Crippen LogP contribution in [0, 0.1) is 13.8 Å². The molecule has 0 bridgehead atoms. The minimum Gasteiger partial charge on any atom is -0.326 e. The third-order valence-corrected chi connectivity index (χ3v) is 4.66. The van der Waals surface area contributed by atoms with Gasteiger partial charge in [-0.3, -0.25) is 4.79 Å². The number of nitrogens with one attached hydrogen (secondary N) is 1. The molecule has 21 heavy (non-hydrogen) atoms. The highest BCUT2D eigenvalue weighted by molar-refractivity contribution is 9.10. The fourth-order valence-corrected chi connectivity index (χ4v) is 2.55. The Hall–Kier alpha value is -1.65. The largest absolute Gasteiger partial charge is 0.326 e. The van der Waals surface area contributed by atoms with Crippen LogP contribution in [-0.4, -0.2) is 5.91 Å². The van der Waals surface area contributed by atoms with Gasteiger partial charge in [-0.25, -0.2) is 0 Å². The lowest BCUT2D eigenvalue weighted by molar-refractivity contribution is -0.115. The summed E-state index contributed by atoms with van der Waals surface area (Å²) in [5, 5.41) is 2.95. The summed E-state index contributed by atoms with van der Waals surface area (Å²) in [5.41, 5.74) is 10.7. The van der Waals surface area contributed by atoms with E-state index in [1.54, 1.807) is 0 Å². The van der Waals surface area contributed by atoms with Gasteiger partial charge in [-0.15, -0.1) is 0 Å². The molecule has 110 valence electrons. The fourth-order valence-electron chi connectivity index (χ4n) is 2.33. The Labute approximate surface area is 133 Å². The van der Waals surface area contributed by atoms with Crippen molar-refractivity contribution in [2.24, 2.45) is 5.73 Å². The van der Waals surface area contributed by atoms with Crippen molar-refractivity contribution in [1.82, 2.24) is 0 Å². The monoisotopic (exact) mass is 346 g/mol. The molecule has 3 nitrogen and oxygen atoms in total.